The number of amides is 1. The summed E-state index contributed by atoms with van der Waals surface area (Å²) in [6.45, 7) is 4.25. The van der Waals surface area contributed by atoms with E-state index >= 15 is 0 Å². The molecule has 2 aromatic heterocycles. The van der Waals surface area contributed by atoms with E-state index in [-0.39, 0.29) is 5.78 Å². The Morgan fingerprint density at radius 3 is 2.85 bits per heavy atom. The zero-order valence-electron chi connectivity index (χ0n) is 11.4. The van der Waals surface area contributed by atoms with Gasteiger partial charge in [0.1, 0.15) is 5.52 Å². The Balaban J connectivity index is 2.25. The molecule has 106 valence electrons. The lowest BCUT2D eigenvalue weighted by molar-refractivity contribution is 0.101. The average Bonchev–Trinajstić information content (AvgIpc) is 2.73. The molecular formula is C13H16N4O3. The van der Waals surface area contributed by atoms with Crippen molar-refractivity contribution in [1.82, 2.24) is 19.9 Å². The number of carboxylic acid groups (broad SMARTS) is 1. The monoisotopic (exact) mass is 276 g/mol. The molecule has 0 aliphatic carbocycles. The molecule has 7 nitrogen and oxygen atoms in total. The average molecular weight is 276 g/mol. The van der Waals surface area contributed by atoms with Crippen molar-refractivity contribution in [3.63, 3.8) is 0 Å². The number of carbonyl (C=O) groups excluding carboxylic acids is 1. The largest absolute Gasteiger partial charge is 0.465 e. The maximum Gasteiger partial charge on any atom is 0.404 e. The predicted octanol–water partition coefficient (Wildman–Crippen LogP) is 1.60. The summed E-state index contributed by atoms with van der Waals surface area (Å²) >= 11 is 0. The Kier molecular flexibility index (Phi) is 3.97. The highest BCUT2D eigenvalue weighted by Crippen LogP contribution is 2.18. The fourth-order valence-corrected chi connectivity index (χ4v) is 2.01. The molecule has 2 rings (SSSR count). The molecule has 2 heterocycles. The SMILES string of the molecule is CC(=O)c1cn(CCCNC(=O)O)c2nc(C)cnc12. The van der Waals surface area contributed by atoms with Gasteiger partial charge >= 0.3 is 6.09 Å². The summed E-state index contributed by atoms with van der Waals surface area (Å²) in [6, 6.07) is 0. The molecule has 0 aromatic carbocycles. The molecule has 0 fully saturated rings. The van der Waals surface area contributed by atoms with Crippen molar-refractivity contribution in [1.29, 1.82) is 0 Å². The van der Waals surface area contributed by atoms with Gasteiger partial charge in [0.05, 0.1) is 11.3 Å². The van der Waals surface area contributed by atoms with Crippen LogP contribution >= 0.6 is 0 Å². The molecule has 0 bridgehead atoms. The van der Waals surface area contributed by atoms with Gasteiger partial charge in [-0.3, -0.25) is 9.78 Å². The fourth-order valence-electron chi connectivity index (χ4n) is 2.01. The third-order valence-electron chi connectivity index (χ3n) is 2.92. The third-order valence-corrected chi connectivity index (χ3v) is 2.92. The van der Waals surface area contributed by atoms with E-state index in [1.165, 1.54) is 6.92 Å². The van der Waals surface area contributed by atoms with Gasteiger partial charge in [-0.2, -0.15) is 0 Å². The van der Waals surface area contributed by atoms with Gasteiger partial charge in [-0.25, -0.2) is 9.78 Å². The summed E-state index contributed by atoms with van der Waals surface area (Å²) in [7, 11) is 0. The number of ketones is 1. The standard InChI is InChI=1S/C13H16N4O3/c1-8-6-15-11-10(9(2)18)7-17(12(11)16-8)5-3-4-14-13(19)20/h6-7,14H,3-5H2,1-2H3,(H,19,20). The quantitative estimate of drug-likeness (QED) is 0.638. The first-order valence-electron chi connectivity index (χ1n) is 6.29. The van der Waals surface area contributed by atoms with Crippen molar-refractivity contribution < 1.29 is 14.7 Å². The maximum absolute atomic E-state index is 11.6. The first-order chi connectivity index (χ1) is 9.49. The molecule has 0 radical (unpaired) electrons. The van der Waals surface area contributed by atoms with E-state index in [1.807, 2.05) is 11.5 Å². The van der Waals surface area contributed by atoms with Crippen LogP contribution in [0.15, 0.2) is 12.4 Å². The first kappa shape index (κ1) is 14.0. The van der Waals surface area contributed by atoms with E-state index in [0.29, 0.717) is 36.2 Å². The second kappa shape index (κ2) is 5.68. The molecule has 0 atom stereocenters. The zero-order valence-corrected chi connectivity index (χ0v) is 11.4. The second-order valence-corrected chi connectivity index (χ2v) is 4.56. The number of rotatable bonds is 5. The lowest BCUT2D eigenvalue weighted by atomic mass is 10.2. The van der Waals surface area contributed by atoms with Crippen molar-refractivity contribution in [2.24, 2.45) is 0 Å². The Labute approximate surface area is 115 Å². The van der Waals surface area contributed by atoms with Crippen LogP contribution in [0.4, 0.5) is 4.79 Å². The van der Waals surface area contributed by atoms with Crippen LogP contribution in [0.1, 0.15) is 29.4 Å². The van der Waals surface area contributed by atoms with Crippen molar-refractivity contribution in [2.75, 3.05) is 6.54 Å². The van der Waals surface area contributed by atoms with E-state index in [4.69, 9.17) is 5.11 Å². The highest BCUT2D eigenvalue weighted by Gasteiger charge is 2.14. The minimum atomic E-state index is -1.04. The van der Waals surface area contributed by atoms with Crippen LogP contribution in [0.2, 0.25) is 0 Å². The Morgan fingerprint density at radius 1 is 1.45 bits per heavy atom. The molecule has 1 amide bonds. The molecule has 7 heteroatoms. The van der Waals surface area contributed by atoms with Crippen LogP contribution < -0.4 is 5.32 Å². The number of hydrogen-bond donors (Lipinski definition) is 2. The number of nitrogens with one attached hydrogen (secondary N) is 1. The molecule has 20 heavy (non-hydrogen) atoms. The zero-order chi connectivity index (χ0) is 14.7. The van der Waals surface area contributed by atoms with E-state index in [2.05, 4.69) is 15.3 Å². The third kappa shape index (κ3) is 2.93. The summed E-state index contributed by atoms with van der Waals surface area (Å²) in [6.07, 6.45) is 2.93. The maximum atomic E-state index is 11.6. The van der Waals surface area contributed by atoms with Crippen LogP contribution in [0.3, 0.4) is 0 Å². The van der Waals surface area contributed by atoms with E-state index in [0.717, 1.165) is 5.69 Å². The summed E-state index contributed by atoms with van der Waals surface area (Å²) in [5, 5.41) is 10.8. The molecule has 0 aliphatic heterocycles. The van der Waals surface area contributed by atoms with Crippen LogP contribution in [-0.2, 0) is 6.54 Å². The van der Waals surface area contributed by atoms with E-state index in [9.17, 15) is 9.59 Å². The number of hydrogen-bond acceptors (Lipinski definition) is 4. The summed E-state index contributed by atoms with van der Waals surface area (Å²) in [5.41, 5.74) is 2.56. The van der Waals surface area contributed by atoms with Gasteiger partial charge in [-0.15, -0.1) is 0 Å². The van der Waals surface area contributed by atoms with Crippen molar-refractivity contribution >= 4 is 23.0 Å². The second-order valence-electron chi connectivity index (χ2n) is 4.56. The minimum absolute atomic E-state index is 0.0597. The number of aryl methyl sites for hydroxylation is 2. The van der Waals surface area contributed by atoms with Crippen LogP contribution in [0.25, 0.3) is 11.2 Å². The lowest BCUT2D eigenvalue weighted by Crippen LogP contribution is -2.22. The Morgan fingerprint density at radius 2 is 2.20 bits per heavy atom. The first-order valence-corrected chi connectivity index (χ1v) is 6.29. The molecule has 2 N–H and O–H groups in total. The smallest absolute Gasteiger partial charge is 0.404 e. The lowest BCUT2D eigenvalue weighted by Gasteiger charge is -2.04. The van der Waals surface area contributed by atoms with Gasteiger partial charge in [0.25, 0.3) is 0 Å². The fraction of sp³-hybridized carbons (Fsp3) is 0.385. The van der Waals surface area contributed by atoms with Crippen molar-refractivity contribution in [3.05, 3.63) is 23.7 Å². The molecule has 0 aliphatic rings. The van der Waals surface area contributed by atoms with Crippen LogP contribution in [-0.4, -0.2) is 38.1 Å². The van der Waals surface area contributed by atoms with Gasteiger partial charge in [-0.05, 0) is 20.3 Å². The number of Topliss-reactive ketones (excluding diaryl/α,β-unsaturated/α-hetero) is 1. The number of aromatic nitrogens is 3. The van der Waals surface area contributed by atoms with Gasteiger partial charge in [0.2, 0.25) is 0 Å². The number of fused-ring (bicyclic) bond motifs is 1. The van der Waals surface area contributed by atoms with Gasteiger partial charge in [-0.1, -0.05) is 0 Å². The van der Waals surface area contributed by atoms with Gasteiger partial charge < -0.3 is 15.0 Å². The summed E-state index contributed by atoms with van der Waals surface area (Å²) < 4.78 is 1.84. The van der Waals surface area contributed by atoms with Gasteiger partial charge in [0, 0.05) is 25.5 Å². The van der Waals surface area contributed by atoms with Gasteiger partial charge in [0.15, 0.2) is 11.4 Å². The highest BCUT2D eigenvalue weighted by atomic mass is 16.4. The Hall–Kier alpha value is -2.44. The molecular weight excluding hydrogens is 260 g/mol. The van der Waals surface area contributed by atoms with E-state index in [1.54, 1.807) is 12.4 Å². The molecule has 0 unspecified atom stereocenters. The topological polar surface area (TPSA) is 97.1 Å². The summed E-state index contributed by atoms with van der Waals surface area (Å²) in [5.74, 6) is -0.0597. The molecule has 2 aromatic rings. The highest BCUT2D eigenvalue weighted by molar-refractivity contribution is 6.04. The molecule has 0 saturated carbocycles. The minimum Gasteiger partial charge on any atom is -0.465 e. The van der Waals surface area contributed by atoms with Crippen molar-refractivity contribution in [3.8, 4) is 0 Å². The molecule has 0 saturated heterocycles. The number of nitrogens with zero attached hydrogens (tertiary/aromatic N) is 3. The summed E-state index contributed by atoms with van der Waals surface area (Å²) in [4.78, 5) is 30.7. The predicted molar refractivity (Wildman–Crippen MR) is 72.9 cm³/mol. The molecule has 0 spiro atoms. The Bertz CT molecular complexity index is 663. The van der Waals surface area contributed by atoms with Crippen LogP contribution in [0.5, 0.6) is 0 Å². The van der Waals surface area contributed by atoms with E-state index < -0.39 is 6.09 Å². The van der Waals surface area contributed by atoms with Crippen LogP contribution in [0, 0.1) is 6.92 Å². The van der Waals surface area contributed by atoms with Crippen molar-refractivity contribution in [2.45, 2.75) is 26.8 Å². The number of carbonyl (C=O) groups is 2. The normalized spacial score (nSPS) is 10.7.